The molecule has 0 atom stereocenters. The highest BCUT2D eigenvalue weighted by Gasteiger charge is 2.09. The first-order chi connectivity index (χ1) is 5.59. The topological polar surface area (TPSA) is 69.1 Å². The number of amides is 1. The van der Waals surface area contributed by atoms with Gasteiger partial charge in [-0.3, -0.25) is 4.79 Å². The van der Waals surface area contributed by atoms with Crippen LogP contribution >= 0.6 is 0 Å². The summed E-state index contributed by atoms with van der Waals surface area (Å²) in [5, 5.41) is 3.70. The molecule has 1 aromatic heterocycles. The van der Waals surface area contributed by atoms with Gasteiger partial charge < -0.3 is 10.3 Å². The van der Waals surface area contributed by atoms with E-state index in [2.05, 4.69) is 19.0 Å². The number of hydrogen-bond donors (Lipinski definition) is 1. The van der Waals surface area contributed by atoms with Gasteiger partial charge in [-0.1, -0.05) is 19.0 Å². The number of carbonyl (C=O) groups is 1. The van der Waals surface area contributed by atoms with Crippen molar-refractivity contribution in [3.8, 4) is 0 Å². The Labute approximate surface area is 70.7 Å². The Balaban J connectivity index is 2.71. The number of nitrogens with zero attached hydrogens (tertiary/aromatic N) is 1. The molecule has 0 radical (unpaired) electrons. The lowest BCUT2D eigenvalue weighted by molar-refractivity contribution is 0.0965. The maximum Gasteiger partial charge on any atom is 0.287 e. The summed E-state index contributed by atoms with van der Waals surface area (Å²) in [5.41, 5.74) is 5.76. The van der Waals surface area contributed by atoms with Crippen molar-refractivity contribution in [2.24, 2.45) is 11.7 Å². The molecular weight excluding hydrogens is 156 g/mol. The van der Waals surface area contributed by atoms with E-state index in [9.17, 15) is 4.79 Å². The summed E-state index contributed by atoms with van der Waals surface area (Å²) >= 11 is 0. The average molecular weight is 168 g/mol. The van der Waals surface area contributed by atoms with Crippen molar-refractivity contribution in [1.82, 2.24) is 5.16 Å². The molecule has 0 aliphatic heterocycles. The van der Waals surface area contributed by atoms with E-state index in [1.165, 1.54) is 0 Å². The van der Waals surface area contributed by atoms with Gasteiger partial charge in [-0.25, -0.2) is 0 Å². The summed E-state index contributed by atoms with van der Waals surface area (Å²) < 4.78 is 4.70. The summed E-state index contributed by atoms with van der Waals surface area (Å²) in [4.78, 5) is 10.6. The summed E-state index contributed by atoms with van der Waals surface area (Å²) in [5.74, 6) is 0.0546. The average Bonchev–Trinajstić information content (AvgIpc) is 2.34. The van der Waals surface area contributed by atoms with Crippen LogP contribution in [0, 0.1) is 5.92 Å². The van der Waals surface area contributed by atoms with Crippen LogP contribution in [0.25, 0.3) is 0 Å². The molecule has 1 rings (SSSR count). The van der Waals surface area contributed by atoms with Crippen molar-refractivity contribution in [3.05, 3.63) is 17.5 Å². The number of hydrogen-bond acceptors (Lipinski definition) is 3. The van der Waals surface area contributed by atoms with Crippen molar-refractivity contribution < 1.29 is 9.32 Å². The van der Waals surface area contributed by atoms with Gasteiger partial charge in [0, 0.05) is 6.07 Å². The largest absolute Gasteiger partial charge is 0.363 e. The second-order valence-corrected chi connectivity index (χ2v) is 3.14. The Hall–Kier alpha value is -1.32. The molecule has 12 heavy (non-hydrogen) atoms. The highest BCUT2D eigenvalue weighted by molar-refractivity contribution is 5.89. The quantitative estimate of drug-likeness (QED) is 0.731. The third-order valence-electron chi connectivity index (χ3n) is 1.42. The Bertz CT molecular complexity index is 278. The fourth-order valence-electron chi connectivity index (χ4n) is 0.942. The molecule has 1 amide bonds. The standard InChI is InChI=1S/C8H12N2O2/c1-5(2)3-6-4-7(8(9)11)12-10-6/h4-5H,3H2,1-2H3,(H2,9,11). The van der Waals surface area contributed by atoms with Crippen LogP contribution in [-0.2, 0) is 6.42 Å². The fraction of sp³-hybridized carbons (Fsp3) is 0.500. The normalized spacial score (nSPS) is 10.6. The minimum absolute atomic E-state index is 0.130. The second kappa shape index (κ2) is 3.38. The molecule has 66 valence electrons. The molecule has 2 N–H and O–H groups in total. The summed E-state index contributed by atoms with van der Waals surface area (Å²) in [6.45, 7) is 4.14. The first-order valence-electron chi connectivity index (χ1n) is 3.85. The van der Waals surface area contributed by atoms with E-state index in [0.717, 1.165) is 12.1 Å². The van der Waals surface area contributed by atoms with Gasteiger partial charge in [-0.05, 0) is 12.3 Å². The molecule has 0 aromatic carbocycles. The van der Waals surface area contributed by atoms with E-state index in [1.807, 2.05) is 0 Å². The molecular formula is C8H12N2O2. The number of rotatable bonds is 3. The van der Waals surface area contributed by atoms with E-state index in [-0.39, 0.29) is 5.76 Å². The van der Waals surface area contributed by atoms with Crippen molar-refractivity contribution in [2.75, 3.05) is 0 Å². The molecule has 4 nitrogen and oxygen atoms in total. The molecule has 1 heterocycles. The van der Waals surface area contributed by atoms with Gasteiger partial charge in [0.15, 0.2) is 0 Å². The Morgan fingerprint density at radius 3 is 2.83 bits per heavy atom. The van der Waals surface area contributed by atoms with E-state index >= 15 is 0 Å². The number of primary amides is 1. The zero-order valence-electron chi connectivity index (χ0n) is 7.20. The van der Waals surface area contributed by atoms with Crippen molar-refractivity contribution in [1.29, 1.82) is 0 Å². The molecule has 0 aliphatic carbocycles. The monoisotopic (exact) mass is 168 g/mol. The number of aromatic nitrogens is 1. The van der Waals surface area contributed by atoms with E-state index in [0.29, 0.717) is 5.92 Å². The molecule has 0 aliphatic rings. The van der Waals surface area contributed by atoms with Crippen molar-refractivity contribution in [3.63, 3.8) is 0 Å². The van der Waals surface area contributed by atoms with Crippen LogP contribution < -0.4 is 5.73 Å². The SMILES string of the molecule is CC(C)Cc1cc(C(N)=O)on1. The van der Waals surface area contributed by atoms with Crippen LogP contribution in [0.4, 0.5) is 0 Å². The molecule has 0 saturated heterocycles. The van der Waals surface area contributed by atoms with Gasteiger partial charge in [-0.2, -0.15) is 0 Å². The zero-order chi connectivity index (χ0) is 9.14. The maximum atomic E-state index is 10.6. The summed E-state index contributed by atoms with van der Waals surface area (Å²) in [6.07, 6.45) is 0.802. The third-order valence-corrected chi connectivity index (χ3v) is 1.42. The summed E-state index contributed by atoms with van der Waals surface area (Å²) in [6, 6.07) is 1.59. The van der Waals surface area contributed by atoms with Crippen molar-refractivity contribution >= 4 is 5.91 Å². The third kappa shape index (κ3) is 2.08. The maximum absolute atomic E-state index is 10.6. The van der Waals surface area contributed by atoms with Gasteiger partial charge >= 0.3 is 0 Å². The van der Waals surface area contributed by atoms with E-state index in [4.69, 9.17) is 10.3 Å². The predicted octanol–water partition coefficient (Wildman–Crippen LogP) is 0.972. The molecule has 0 fully saturated rings. The van der Waals surface area contributed by atoms with Crippen LogP contribution in [-0.4, -0.2) is 11.1 Å². The Kier molecular flexibility index (Phi) is 2.47. The lowest BCUT2D eigenvalue weighted by Crippen LogP contribution is -2.09. The molecule has 0 bridgehead atoms. The van der Waals surface area contributed by atoms with Gasteiger partial charge in [0.25, 0.3) is 5.91 Å². The molecule has 0 unspecified atom stereocenters. The lowest BCUT2D eigenvalue weighted by atomic mass is 10.1. The molecule has 0 saturated carbocycles. The first kappa shape index (κ1) is 8.77. The Morgan fingerprint density at radius 1 is 1.75 bits per heavy atom. The molecule has 0 spiro atoms. The highest BCUT2D eigenvalue weighted by atomic mass is 16.5. The molecule has 1 aromatic rings. The highest BCUT2D eigenvalue weighted by Crippen LogP contribution is 2.08. The van der Waals surface area contributed by atoms with Crippen LogP contribution in [0.1, 0.15) is 30.1 Å². The lowest BCUT2D eigenvalue weighted by Gasteiger charge is -1.96. The first-order valence-corrected chi connectivity index (χ1v) is 3.85. The number of carbonyl (C=O) groups excluding carboxylic acids is 1. The van der Waals surface area contributed by atoms with Gasteiger partial charge in [-0.15, -0.1) is 0 Å². The van der Waals surface area contributed by atoms with Gasteiger partial charge in [0.1, 0.15) is 0 Å². The predicted molar refractivity (Wildman–Crippen MR) is 43.6 cm³/mol. The van der Waals surface area contributed by atoms with Crippen LogP contribution in [0.2, 0.25) is 0 Å². The Morgan fingerprint density at radius 2 is 2.42 bits per heavy atom. The fourth-order valence-corrected chi connectivity index (χ4v) is 0.942. The minimum atomic E-state index is -0.572. The zero-order valence-corrected chi connectivity index (χ0v) is 7.20. The minimum Gasteiger partial charge on any atom is -0.363 e. The van der Waals surface area contributed by atoms with Crippen LogP contribution in [0.5, 0.6) is 0 Å². The second-order valence-electron chi connectivity index (χ2n) is 3.14. The smallest absolute Gasteiger partial charge is 0.287 e. The van der Waals surface area contributed by atoms with Crippen LogP contribution in [0.3, 0.4) is 0 Å². The molecule has 4 heteroatoms. The van der Waals surface area contributed by atoms with Gasteiger partial charge in [0.2, 0.25) is 5.76 Å². The summed E-state index contributed by atoms with van der Waals surface area (Å²) in [7, 11) is 0. The van der Waals surface area contributed by atoms with Gasteiger partial charge in [0.05, 0.1) is 5.69 Å². The number of nitrogens with two attached hydrogens (primary N) is 1. The van der Waals surface area contributed by atoms with Crippen molar-refractivity contribution in [2.45, 2.75) is 20.3 Å². The van der Waals surface area contributed by atoms with E-state index < -0.39 is 5.91 Å². The van der Waals surface area contributed by atoms with Crippen LogP contribution in [0.15, 0.2) is 10.6 Å². The van der Waals surface area contributed by atoms with E-state index in [1.54, 1.807) is 6.07 Å².